The molecular formula is C3H8N2. The van der Waals surface area contributed by atoms with Gasteiger partial charge in [-0.1, -0.05) is 0 Å². The van der Waals surface area contributed by atoms with Crippen LogP contribution < -0.4 is 11.5 Å². The molecule has 0 saturated heterocycles. The first-order valence-electron chi connectivity index (χ1n) is 1.41. The molecular weight excluding hydrogens is 64.0 g/mol. The predicted molar refractivity (Wildman–Crippen MR) is 22.1 cm³/mol. The minimum atomic E-state index is 0.657. The van der Waals surface area contributed by atoms with Crippen molar-refractivity contribution in [3.63, 3.8) is 0 Å². The molecule has 0 aliphatic rings. The molecule has 0 spiro atoms. The molecule has 5 heavy (non-hydrogen) atoms. The molecule has 4 N–H and O–H groups in total. The van der Waals surface area contributed by atoms with E-state index in [0.717, 1.165) is 0 Å². The van der Waals surface area contributed by atoms with Gasteiger partial charge >= 0.3 is 0 Å². The summed E-state index contributed by atoms with van der Waals surface area (Å²) in [6.45, 7) is 1.74. The van der Waals surface area contributed by atoms with E-state index in [1.165, 1.54) is 6.20 Å². The summed E-state index contributed by atoms with van der Waals surface area (Å²) in [6.07, 6.45) is 1.36. The van der Waals surface area contributed by atoms with E-state index in [4.69, 9.17) is 11.5 Å². The third kappa shape index (κ3) is 3.34. The van der Waals surface area contributed by atoms with Gasteiger partial charge in [-0.25, -0.2) is 0 Å². The van der Waals surface area contributed by atoms with Crippen LogP contribution in [0.5, 0.6) is 0 Å². The molecule has 0 aromatic carbocycles. The highest BCUT2D eigenvalue weighted by Gasteiger charge is 1.60. The van der Waals surface area contributed by atoms with Gasteiger partial charge < -0.3 is 11.5 Å². The van der Waals surface area contributed by atoms with E-state index in [0.29, 0.717) is 5.70 Å². The molecule has 0 aromatic rings. The summed E-state index contributed by atoms with van der Waals surface area (Å²) in [7, 11) is 0. The van der Waals surface area contributed by atoms with Crippen LogP contribution in [-0.4, -0.2) is 0 Å². The lowest BCUT2D eigenvalue weighted by molar-refractivity contribution is 1.28. The molecule has 0 amide bonds. The van der Waals surface area contributed by atoms with E-state index in [1.54, 1.807) is 6.92 Å². The first kappa shape index (κ1) is 4.34. The van der Waals surface area contributed by atoms with Crippen LogP contribution in [-0.2, 0) is 0 Å². The monoisotopic (exact) mass is 72.1 g/mol. The van der Waals surface area contributed by atoms with E-state index in [1.807, 2.05) is 0 Å². The summed E-state index contributed by atoms with van der Waals surface area (Å²) in [5.74, 6) is 0. The highest BCUT2D eigenvalue weighted by atomic mass is 14.6. The highest BCUT2D eigenvalue weighted by Crippen LogP contribution is 1.65. The van der Waals surface area contributed by atoms with Gasteiger partial charge in [0.25, 0.3) is 0 Å². The van der Waals surface area contributed by atoms with Crippen LogP contribution in [0.15, 0.2) is 11.9 Å². The SMILES string of the molecule is C/C(N)=C\N. The molecule has 0 atom stereocenters. The smallest absolute Gasteiger partial charge is 0.0206 e. The van der Waals surface area contributed by atoms with Gasteiger partial charge in [0.1, 0.15) is 0 Å². The Morgan fingerprint density at radius 3 is 2.00 bits per heavy atom. The summed E-state index contributed by atoms with van der Waals surface area (Å²) in [6, 6.07) is 0. The van der Waals surface area contributed by atoms with E-state index in [2.05, 4.69) is 0 Å². The maximum atomic E-state index is 5.03. The van der Waals surface area contributed by atoms with Gasteiger partial charge in [-0.15, -0.1) is 0 Å². The molecule has 0 aliphatic heterocycles. The second kappa shape index (κ2) is 1.64. The molecule has 0 saturated carbocycles. The minimum absolute atomic E-state index is 0.657. The van der Waals surface area contributed by atoms with E-state index < -0.39 is 0 Å². The molecule has 2 heteroatoms. The quantitative estimate of drug-likeness (QED) is 0.415. The molecule has 0 rings (SSSR count). The van der Waals surface area contributed by atoms with Crippen molar-refractivity contribution in [2.24, 2.45) is 11.5 Å². The highest BCUT2D eigenvalue weighted by molar-refractivity contribution is 4.85. The number of nitrogens with two attached hydrogens (primary N) is 2. The lowest BCUT2D eigenvalue weighted by Gasteiger charge is -1.76. The second-order valence-electron chi connectivity index (χ2n) is 0.911. The van der Waals surface area contributed by atoms with Crippen LogP contribution in [0, 0.1) is 0 Å². The molecule has 30 valence electrons. The van der Waals surface area contributed by atoms with Crippen LogP contribution >= 0.6 is 0 Å². The largest absolute Gasteiger partial charge is 0.403 e. The lowest BCUT2D eigenvalue weighted by Crippen LogP contribution is -1.93. The van der Waals surface area contributed by atoms with Crippen molar-refractivity contribution >= 4 is 0 Å². The number of hydrogen-bond donors (Lipinski definition) is 2. The van der Waals surface area contributed by atoms with Gasteiger partial charge in [0.15, 0.2) is 0 Å². The van der Waals surface area contributed by atoms with Gasteiger partial charge in [-0.05, 0) is 6.92 Å². The van der Waals surface area contributed by atoms with Crippen molar-refractivity contribution in [1.82, 2.24) is 0 Å². The summed E-state index contributed by atoms with van der Waals surface area (Å²) < 4.78 is 0. The van der Waals surface area contributed by atoms with Gasteiger partial charge in [0.2, 0.25) is 0 Å². The first-order chi connectivity index (χ1) is 2.27. The normalized spacial score (nSPS) is 11.8. The Kier molecular flexibility index (Phi) is 1.42. The number of rotatable bonds is 0. The fraction of sp³-hybridized carbons (Fsp3) is 0.333. The Morgan fingerprint density at radius 1 is 1.80 bits per heavy atom. The van der Waals surface area contributed by atoms with Crippen molar-refractivity contribution in [2.75, 3.05) is 0 Å². The average molecular weight is 72.1 g/mol. The number of allylic oxidation sites excluding steroid dienone is 1. The minimum Gasteiger partial charge on any atom is -0.403 e. The predicted octanol–water partition coefficient (Wildman–Crippen LogP) is -0.235. The lowest BCUT2D eigenvalue weighted by atomic mass is 10.6. The maximum Gasteiger partial charge on any atom is 0.0206 e. The maximum absolute atomic E-state index is 5.03. The molecule has 0 aromatic heterocycles. The van der Waals surface area contributed by atoms with Crippen molar-refractivity contribution in [3.05, 3.63) is 11.9 Å². The van der Waals surface area contributed by atoms with E-state index >= 15 is 0 Å². The van der Waals surface area contributed by atoms with Gasteiger partial charge in [0, 0.05) is 11.9 Å². The Labute approximate surface area is 31.5 Å². The van der Waals surface area contributed by atoms with Crippen molar-refractivity contribution in [1.29, 1.82) is 0 Å². The summed E-state index contributed by atoms with van der Waals surface area (Å²) in [5, 5.41) is 0. The summed E-state index contributed by atoms with van der Waals surface area (Å²) >= 11 is 0. The zero-order valence-corrected chi connectivity index (χ0v) is 3.23. The van der Waals surface area contributed by atoms with Gasteiger partial charge in [-0.3, -0.25) is 0 Å². The van der Waals surface area contributed by atoms with Crippen molar-refractivity contribution in [2.45, 2.75) is 6.92 Å². The zero-order valence-electron chi connectivity index (χ0n) is 3.23. The zero-order chi connectivity index (χ0) is 4.28. The third-order valence-electron chi connectivity index (χ3n) is 0.263. The first-order valence-corrected chi connectivity index (χ1v) is 1.41. The van der Waals surface area contributed by atoms with Crippen molar-refractivity contribution < 1.29 is 0 Å². The third-order valence-corrected chi connectivity index (χ3v) is 0.263. The fourth-order valence-electron chi connectivity index (χ4n) is 0. The van der Waals surface area contributed by atoms with Crippen LogP contribution in [0.2, 0.25) is 0 Å². The Bertz CT molecular complexity index is 42.9. The standard InChI is InChI=1S/C3H8N2/c1-3(5)2-4/h2H,4-5H2,1H3/b3-2+. The molecule has 0 bridgehead atoms. The Morgan fingerprint density at radius 2 is 2.00 bits per heavy atom. The fourth-order valence-corrected chi connectivity index (χ4v) is 0. The van der Waals surface area contributed by atoms with Gasteiger partial charge in [0.05, 0.1) is 0 Å². The molecule has 0 aliphatic carbocycles. The number of hydrogen-bond acceptors (Lipinski definition) is 2. The molecule has 0 fully saturated rings. The van der Waals surface area contributed by atoms with Crippen molar-refractivity contribution in [3.8, 4) is 0 Å². The second-order valence-corrected chi connectivity index (χ2v) is 0.911. The molecule has 0 radical (unpaired) electrons. The average Bonchev–Trinajstić information content (AvgIpc) is 1.38. The Balaban J connectivity index is 3.14. The van der Waals surface area contributed by atoms with Gasteiger partial charge in [-0.2, -0.15) is 0 Å². The molecule has 0 heterocycles. The van der Waals surface area contributed by atoms with Crippen LogP contribution in [0.4, 0.5) is 0 Å². The van der Waals surface area contributed by atoms with Crippen LogP contribution in [0.1, 0.15) is 6.92 Å². The summed E-state index contributed by atoms with van der Waals surface area (Å²) in [4.78, 5) is 0. The van der Waals surface area contributed by atoms with Crippen LogP contribution in [0.3, 0.4) is 0 Å². The summed E-state index contributed by atoms with van der Waals surface area (Å²) in [5.41, 5.74) is 10.6. The molecule has 2 nitrogen and oxygen atoms in total. The Hall–Kier alpha value is -0.660. The topological polar surface area (TPSA) is 52.0 Å². The van der Waals surface area contributed by atoms with E-state index in [9.17, 15) is 0 Å². The van der Waals surface area contributed by atoms with Crippen LogP contribution in [0.25, 0.3) is 0 Å². The van der Waals surface area contributed by atoms with E-state index in [-0.39, 0.29) is 0 Å². The molecule has 0 unspecified atom stereocenters.